The van der Waals surface area contributed by atoms with E-state index >= 15 is 0 Å². The predicted octanol–water partition coefficient (Wildman–Crippen LogP) is 3.84. The first kappa shape index (κ1) is 21.6. The molecule has 2 N–H and O–H groups in total. The molecule has 0 unspecified atom stereocenters. The van der Waals surface area contributed by atoms with Gasteiger partial charge >= 0.3 is 11.9 Å². The van der Waals surface area contributed by atoms with Crippen LogP contribution in [0.2, 0.25) is 0 Å². The topological polar surface area (TPSA) is 85.9 Å². The average molecular weight is 451 g/mol. The number of carbonyl (C=O) groups is 2. The normalized spacial score (nSPS) is 10.1. The van der Waals surface area contributed by atoms with Gasteiger partial charge in [-0.05, 0) is 30.3 Å². The Morgan fingerprint density at radius 1 is 0.857 bits per heavy atom. The number of para-hydroxylation sites is 2. The smallest absolute Gasteiger partial charge is 0.315 e. The van der Waals surface area contributed by atoms with E-state index in [2.05, 4.69) is 26.6 Å². The van der Waals surface area contributed by atoms with Gasteiger partial charge in [0.25, 0.3) is 0 Å². The molecule has 0 heterocycles. The number of hydrogen-bond donors (Lipinski definition) is 2. The summed E-state index contributed by atoms with van der Waals surface area (Å²) in [6, 6.07) is 12.9. The zero-order valence-corrected chi connectivity index (χ0v) is 17.4. The van der Waals surface area contributed by atoms with Crippen LogP contribution < -0.4 is 20.1 Å². The highest BCUT2D eigenvalue weighted by Gasteiger charge is 2.11. The maximum absolute atomic E-state index is 11.8. The molecule has 2 rings (SSSR count). The molecule has 0 aliphatic heterocycles. The minimum Gasteiger partial charge on any atom is -0.495 e. The molecular weight excluding hydrogens is 428 g/mol. The van der Waals surface area contributed by atoms with Gasteiger partial charge in [-0.2, -0.15) is 0 Å². The molecule has 150 valence electrons. The molecular formula is C20H23BrN2O5. The van der Waals surface area contributed by atoms with Gasteiger partial charge in [0.1, 0.15) is 11.5 Å². The Balaban J connectivity index is 1.69. The van der Waals surface area contributed by atoms with Crippen LogP contribution in [0.15, 0.2) is 46.9 Å². The second kappa shape index (κ2) is 11.2. The lowest BCUT2D eigenvalue weighted by molar-refractivity contribution is -0.159. The van der Waals surface area contributed by atoms with Crippen LogP contribution in [0.1, 0.15) is 12.8 Å². The monoisotopic (exact) mass is 450 g/mol. The molecule has 7 nitrogen and oxygen atoms in total. The zero-order valence-electron chi connectivity index (χ0n) is 15.8. The second-order valence-corrected chi connectivity index (χ2v) is 6.66. The van der Waals surface area contributed by atoms with Crippen LogP contribution in [-0.2, 0) is 14.3 Å². The van der Waals surface area contributed by atoms with E-state index in [-0.39, 0.29) is 12.8 Å². The van der Waals surface area contributed by atoms with Gasteiger partial charge in [0, 0.05) is 17.6 Å². The molecule has 0 saturated carbocycles. The number of carbonyl (C=O) groups excluding carboxylic acids is 2. The maximum atomic E-state index is 11.8. The lowest BCUT2D eigenvalue weighted by atomic mass is 10.3. The standard InChI is InChI=1S/C20H23BrN2O5/c1-26-17-6-4-3-5-15(17)22-11-9-19(24)28-20(25)10-12-23-16-8-7-14(21)13-18(16)27-2/h3-8,13,22-23H,9-12H2,1-2H3. The van der Waals surface area contributed by atoms with Crippen molar-refractivity contribution in [2.75, 3.05) is 37.9 Å². The van der Waals surface area contributed by atoms with E-state index in [0.29, 0.717) is 24.6 Å². The van der Waals surface area contributed by atoms with Crippen LogP contribution in [0.4, 0.5) is 11.4 Å². The summed E-state index contributed by atoms with van der Waals surface area (Å²) >= 11 is 3.37. The van der Waals surface area contributed by atoms with Gasteiger partial charge in [-0.1, -0.05) is 28.1 Å². The first-order chi connectivity index (χ1) is 13.5. The number of esters is 2. The first-order valence-corrected chi connectivity index (χ1v) is 9.50. The van der Waals surface area contributed by atoms with Gasteiger partial charge in [0.2, 0.25) is 0 Å². The lowest BCUT2D eigenvalue weighted by Crippen LogP contribution is -2.18. The highest BCUT2D eigenvalue weighted by molar-refractivity contribution is 9.10. The third kappa shape index (κ3) is 6.77. The summed E-state index contributed by atoms with van der Waals surface area (Å²) in [4.78, 5) is 23.6. The summed E-state index contributed by atoms with van der Waals surface area (Å²) < 4.78 is 16.2. The molecule has 0 fully saturated rings. The van der Waals surface area contributed by atoms with Gasteiger partial charge < -0.3 is 24.8 Å². The molecule has 0 aliphatic rings. The Morgan fingerprint density at radius 2 is 1.43 bits per heavy atom. The minimum absolute atomic E-state index is 0.0604. The molecule has 2 aromatic carbocycles. The molecule has 2 aromatic rings. The first-order valence-electron chi connectivity index (χ1n) is 8.71. The van der Waals surface area contributed by atoms with Crippen molar-refractivity contribution in [3.63, 3.8) is 0 Å². The molecule has 0 aliphatic carbocycles. The Labute approximate surface area is 172 Å². The number of ether oxygens (including phenoxy) is 3. The highest BCUT2D eigenvalue weighted by atomic mass is 79.9. The number of rotatable bonds is 10. The van der Waals surface area contributed by atoms with Gasteiger partial charge in [-0.15, -0.1) is 0 Å². The minimum atomic E-state index is -0.578. The third-order valence-corrected chi connectivity index (χ3v) is 4.28. The number of methoxy groups -OCH3 is 2. The van der Waals surface area contributed by atoms with E-state index in [4.69, 9.17) is 14.2 Å². The number of benzene rings is 2. The summed E-state index contributed by atoms with van der Waals surface area (Å²) in [7, 11) is 3.14. The molecule has 0 atom stereocenters. The van der Waals surface area contributed by atoms with Crippen LogP contribution in [0.3, 0.4) is 0 Å². The fourth-order valence-electron chi connectivity index (χ4n) is 2.43. The van der Waals surface area contributed by atoms with Crippen LogP contribution in [0.5, 0.6) is 11.5 Å². The van der Waals surface area contributed by atoms with E-state index in [1.165, 1.54) is 0 Å². The molecule has 0 radical (unpaired) electrons. The summed E-state index contributed by atoms with van der Waals surface area (Å²) in [5, 5.41) is 6.17. The van der Waals surface area contributed by atoms with Gasteiger partial charge in [-0.25, -0.2) is 0 Å². The summed E-state index contributed by atoms with van der Waals surface area (Å²) in [5.41, 5.74) is 1.53. The van der Waals surface area contributed by atoms with Crippen molar-refractivity contribution in [2.45, 2.75) is 12.8 Å². The number of halogens is 1. The fraction of sp³-hybridized carbons (Fsp3) is 0.300. The molecule has 0 spiro atoms. The average Bonchev–Trinajstić information content (AvgIpc) is 2.69. The van der Waals surface area contributed by atoms with Gasteiger partial charge in [0.05, 0.1) is 38.4 Å². The third-order valence-electron chi connectivity index (χ3n) is 3.79. The number of anilines is 2. The Kier molecular flexibility index (Phi) is 8.61. The van der Waals surface area contributed by atoms with Crippen molar-refractivity contribution in [3.05, 3.63) is 46.9 Å². The van der Waals surface area contributed by atoms with Crippen LogP contribution in [0.25, 0.3) is 0 Å². The molecule has 0 aromatic heterocycles. The van der Waals surface area contributed by atoms with Crippen molar-refractivity contribution in [1.82, 2.24) is 0 Å². The van der Waals surface area contributed by atoms with E-state index in [9.17, 15) is 9.59 Å². The zero-order chi connectivity index (χ0) is 20.4. The van der Waals surface area contributed by atoms with Gasteiger partial charge in [-0.3, -0.25) is 9.59 Å². The predicted molar refractivity (Wildman–Crippen MR) is 111 cm³/mol. The Bertz CT molecular complexity index is 813. The molecule has 0 amide bonds. The fourth-order valence-corrected chi connectivity index (χ4v) is 2.77. The largest absolute Gasteiger partial charge is 0.495 e. The Hall–Kier alpha value is -2.74. The number of nitrogens with one attached hydrogen (secondary N) is 2. The maximum Gasteiger partial charge on any atom is 0.315 e. The summed E-state index contributed by atoms with van der Waals surface area (Å²) in [5.74, 6) is 0.183. The quantitative estimate of drug-likeness (QED) is 0.419. The lowest BCUT2D eigenvalue weighted by Gasteiger charge is -2.11. The van der Waals surface area contributed by atoms with Crippen molar-refractivity contribution in [2.24, 2.45) is 0 Å². The van der Waals surface area contributed by atoms with E-state index in [1.54, 1.807) is 14.2 Å². The second-order valence-electron chi connectivity index (χ2n) is 5.74. The van der Waals surface area contributed by atoms with Crippen molar-refractivity contribution >= 4 is 39.2 Å². The molecule has 0 saturated heterocycles. The number of hydrogen-bond acceptors (Lipinski definition) is 7. The van der Waals surface area contributed by atoms with E-state index < -0.39 is 11.9 Å². The SMILES string of the molecule is COc1ccccc1NCCC(=O)OC(=O)CCNc1ccc(Br)cc1OC. The summed E-state index contributed by atoms with van der Waals surface area (Å²) in [6.07, 6.45) is 0.128. The van der Waals surface area contributed by atoms with Crippen LogP contribution in [-0.4, -0.2) is 39.2 Å². The highest BCUT2D eigenvalue weighted by Crippen LogP contribution is 2.27. The van der Waals surface area contributed by atoms with Crippen LogP contribution >= 0.6 is 15.9 Å². The van der Waals surface area contributed by atoms with Crippen LogP contribution in [0, 0.1) is 0 Å². The molecule has 0 bridgehead atoms. The Morgan fingerprint density at radius 3 is 2.04 bits per heavy atom. The van der Waals surface area contributed by atoms with Gasteiger partial charge in [0.15, 0.2) is 0 Å². The molecule has 28 heavy (non-hydrogen) atoms. The summed E-state index contributed by atoms with van der Waals surface area (Å²) in [6.45, 7) is 0.657. The van der Waals surface area contributed by atoms with Crippen molar-refractivity contribution in [1.29, 1.82) is 0 Å². The molecule has 8 heteroatoms. The van der Waals surface area contributed by atoms with Crippen molar-refractivity contribution < 1.29 is 23.8 Å². The van der Waals surface area contributed by atoms with Crippen molar-refractivity contribution in [3.8, 4) is 11.5 Å². The van der Waals surface area contributed by atoms with E-state index in [1.807, 2.05) is 42.5 Å². The van der Waals surface area contributed by atoms with E-state index in [0.717, 1.165) is 15.8 Å².